The summed E-state index contributed by atoms with van der Waals surface area (Å²) < 4.78 is 0. The number of hydrazine groups is 1. The normalized spacial score (nSPS) is 16.1. The summed E-state index contributed by atoms with van der Waals surface area (Å²) in [5, 5.41) is 3.96. The number of hydrogen-bond donors (Lipinski definition) is 0. The van der Waals surface area contributed by atoms with Crippen molar-refractivity contribution >= 4 is 11.5 Å². The molecule has 1 atom stereocenters. The molecule has 1 amide bonds. The first kappa shape index (κ1) is 20.0. The van der Waals surface area contributed by atoms with E-state index in [9.17, 15) is 4.79 Å². The average Bonchev–Trinajstić information content (AvgIpc) is 3.25. The van der Waals surface area contributed by atoms with E-state index in [1.807, 2.05) is 79.0 Å². The molecule has 1 aliphatic rings. The SMILES string of the molecule is O=C(c1ccccc1)N1C=C(c2ccccc2)C(c2ccccc2)N1Cc1ccccc1. The standard InChI is InChI=1S/C29H24N2O/c32-29(26-19-11-4-12-20-26)31-22-27(24-15-7-2-8-16-24)28(25-17-9-3-10-18-25)30(31)21-23-13-5-1-6-14-23/h1-20,22,28H,21H2. The van der Waals surface area contributed by atoms with E-state index in [0.29, 0.717) is 12.1 Å². The van der Waals surface area contributed by atoms with Crippen LogP contribution < -0.4 is 0 Å². The summed E-state index contributed by atoms with van der Waals surface area (Å²) in [6.45, 7) is 0.617. The smallest absolute Gasteiger partial charge is 0.267 e. The van der Waals surface area contributed by atoms with Crippen LogP contribution >= 0.6 is 0 Å². The predicted molar refractivity (Wildman–Crippen MR) is 128 cm³/mol. The molecule has 3 heteroatoms. The third-order valence-electron chi connectivity index (χ3n) is 5.77. The van der Waals surface area contributed by atoms with E-state index < -0.39 is 0 Å². The summed E-state index contributed by atoms with van der Waals surface area (Å²) in [6.07, 6.45) is 2.01. The van der Waals surface area contributed by atoms with Gasteiger partial charge in [0.15, 0.2) is 0 Å². The zero-order valence-electron chi connectivity index (χ0n) is 17.7. The van der Waals surface area contributed by atoms with Gasteiger partial charge in [-0.05, 0) is 28.8 Å². The van der Waals surface area contributed by atoms with Crippen molar-refractivity contribution in [3.63, 3.8) is 0 Å². The summed E-state index contributed by atoms with van der Waals surface area (Å²) in [7, 11) is 0. The van der Waals surface area contributed by atoms with E-state index in [0.717, 1.165) is 22.3 Å². The lowest BCUT2D eigenvalue weighted by atomic mass is 9.94. The lowest BCUT2D eigenvalue weighted by molar-refractivity contribution is 0.0104. The van der Waals surface area contributed by atoms with Crippen LogP contribution in [0.1, 0.15) is 33.1 Å². The number of nitrogens with zero attached hydrogens (tertiary/aromatic N) is 2. The van der Waals surface area contributed by atoms with Gasteiger partial charge in [0.2, 0.25) is 0 Å². The molecule has 0 saturated heterocycles. The summed E-state index contributed by atoms with van der Waals surface area (Å²) in [5.41, 5.74) is 5.20. The highest BCUT2D eigenvalue weighted by Gasteiger charge is 2.38. The van der Waals surface area contributed by atoms with Crippen LogP contribution in [-0.4, -0.2) is 15.9 Å². The van der Waals surface area contributed by atoms with Crippen molar-refractivity contribution in [2.45, 2.75) is 12.6 Å². The number of rotatable bonds is 5. The maximum absolute atomic E-state index is 13.6. The van der Waals surface area contributed by atoms with Crippen LogP contribution in [0.15, 0.2) is 128 Å². The lowest BCUT2D eigenvalue weighted by Gasteiger charge is -2.33. The molecule has 32 heavy (non-hydrogen) atoms. The molecule has 0 bridgehead atoms. The van der Waals surface area contributed by atoms with E-state index in [-0.39, 0.29) is 11.9 Å². The number of carbonyl (C=O) groups is 1. The van der Waals surface area contributed by atoms with Crippen molar-refractivity contribution in [3.05, 3.63) is 150 Å². The second-order valence-corrected chi connectivity index (χ2v) is 7.86. The third kappa shape index (κ3) is 3.98. The van der Waals surface area contributed by atoms with Gasteiger partial charge in [-0.1, -0.05) is 109 Å². The molecule has 0 fully saturated rings. The van der Waals surface area contributed by atoms with Crippen molar-refractivity contribution < 1.29 is 4.79 Å². The largest absolute Gasteiger partial charge is 0.272 e. The van der Waals surface area contributed by atoms with Crippen LogP contribution in [0.5, 0.6) is 0 Å². The molecule has 4 aromatic carbocycles. The fourth-order valence-corrected chi connectivity index (χ4v) is 4.24. The van der Waals surface area contributed by atoms with Gasteiger partial charge in [-0.25, -0.2) is 5.01 Å². The molecular formula is C29H24N2O. The second kappa shape index (κ2) is 9.04. The Morgan fingerprint density at radius 3 is 1.81 bits per heavy atom. The first-order valence-corrected chi connectivity index (χ1v) is 10.8. The Labute approximate surface area is 188 Å². The first-order valence-electron chi connectivity index (χ1n) is 10.8. The molecule has 1 heterocycles. The molecule has 3 nitrogen and oxygen atoms in total. The van der Waals surface area contributed by atoms with Crippen LogP contribution in [0, 0.1) is 0 Å². The Balaban J connectivity index is 1.63. The van der Waals surface area contributed by atoms with Crippen molar-refractivity contribution in [1.29, 1.82) is 0 Å². The number of hydrogen-bond acceptors (Lipinski definition) is 2. The Kier molecular flexibility index (Phi) is 5.65. The minimum atomic E-state index is -0.0773. The highest BCUT2D eigenvalue weighted by atomic mass is 16.2. The van der Waals surface area contributed by atoms with Crippen LogP contribution in [0.4, 0.5) is 0 Å². The topological polar surface area (TPSA) is 23.6 Å². The van der Waals surface area contributed by atoms with E-state index in [1.54, 1.807) is 5.01 Å². The molecule has 0 radical (unpaired) electrons. The first-order chi connectivity index (χ1) is 15.8. The zero-order chi connectivity index (χ0) is 21.8. The minimum absolute atomic E-state index is 0.0339. The molecule has 5 rings (SSSR count). The van der Waals surface area contributed by atoms with Gasteiger partial charge >= 0.3 is 0 Å². The van der Waals surface area contributed by atoms with Crippen LogP contribution in [0.2, 0.25) is 0 Å². The van der Waals surface area contributed by atoms with Gasteiger partial charge in [-0.3, -0.25) is 4.79 Å². The number of benzene rings is 4. The van der Waals surface area contributed by atoms with E-state index >= 15 is 0 Å². The quantitative estimate of drug-likeness (QED) is 0.379. The molecule has 0 aliphatic carbocycles. The summed E-state index contributed by atoms with van der Waals surface area (Å²) in [4.78, 5) is 13.6. The van der Waals surface area contributed by atoms with Crippen molar-refractivity contribution in [3.8, 4) is 0 Å². The summed E-state index contributed by atoms with van der Waals surface area (Å²) in [6, 6.07) is 40.4. The van der Waals surface area contributed by atoms with Gasteiger partial charge in [-0.15, -0.1) is 0 Å². The zero-order valence-corrected chi connectivity index (χ0v) is 17.7. The maximum atomic E-state index is 13.6. The Bertz CT molecular complexity index is 1210. The summed E-state index contributed by atoms with van der Waals surface area (Å²) >= 11 is 0. The monoisotopic (exact) mass is 416 g/mol. The predicted octanol–water partition coefficient (Wildman–Crippen LogP) is 6.34. The molecule has 0 N–H and O–H groups in total. The number of carbonyl (C=O) groups excluding carboxylic acids is 1. The molecule has 156 valence electrons. The molecule has 1 unspecified atom stereocenters. The van der Waals surface area contributed by atoms with E-state index in [2.05, 4.69) is 53.5 Å². The van der Waals surface area contributed by atoms with Gasteiger partial charge in [0.1, 0.15) is 0 Å². The van der Waals surface area contributed by atoms with Crippen LogP contribution in [0.3, 0.4) is 0 Å². The van der Waals surface area contributed by atoms with E-state index in [4.69, 9.17) is 0 Å². The Morgan fingerprint density at radius 1 is 0.656 bits per heavy atom. The van der Waals surface area contributed by atoms with Crippen molar-refractivity contribution in [2.24, 2.45) is 0 Å². The molecule has 1 aliphatic heterocycles. The molecule has 0 spiro atoms. The van der Waals surface area contributed by atoms with Gasteiger partial charge in [0.05, 0.1) is 6.04 Å². The molecule has 0 saturated carbocycles. The lowest BCUT2D eigenvalue weighted by Crippen LogP contribution is -2.40. The molecule has 0 aromatic heterocycles. The van der Waals surface area contributed by atoms with Gasteiger partial charge in [0, 0.05) is 23.9 Å². The summed E-state index contributed by atoms with van der Waals surface area (Å²) in [5.74, 6) is -0.0339. The van der Waals surface area contributed by atoms with E-state index in [1.165, 1.54) is 0 Å². The fraction of sp³-hybridized carbons (Fsp3) is 0.0690. The maximum Gasteiger partial charge on any atom is 0.272 e. The highest BCUT2D eigenvalue weighted by Crippen LogP contribution is 2.42. The fourth-order valence-electron chi connectivity index (χ4n) is 4.24. The number of amides is 1. The minimum Gasteiger partial charge on any atom is -0.267 e. The third-order valence-corrected chi connectivity index (χ3v) is 5.77. The van der Waals surface area contributed by atoms with Crippen LogP contribution in [-0.2, 0) is 6.54 Å². The average molecular weight is 417 g/mol. The molecule has 4 aromatic rings. The second-order valence-electron chi connectivity index (χ2n) is 7.86. The van der Waals surface area contributed by atoms with Crippen molar-refractivity contribution in [1.82, 2.24) is 10.0 Å². The van der Waals surface area contributed by atoms with Gasteiger partial charge in [0.25, 0.3) is 5.91 Å². The van der Waals surface area contributed by atoms with Crippen molar-refractivity contribution in [2.75, 3.05) is 0 Å². The van der Waals surface area contributed by atoms with Gasteiger partial charge in [-0.2, -0.15) is 5.01 Å². The Morgan fingerprint density at radius 2 is 1.19 bits per heavy atom. The van der Waals surface area contributed by atoms with Gasteiger partial charge < -0.3 is 0 Å². The molecular weight excluding hydrogens is 392 g/mol. The Hall–Kier alpha value is -3.95. The van der Waals surface area contributed by atoms with Crippen LogP contribution in [0.25, 0.3) is 5.57 Å². The highest BCUT2D eigenvalue weighted by molar-refractivity contribution is 5.96.